The van der Waals surface area contributed by atoms with Crippen molar-refractivity contribution < 1.29 is 4.79 Å². The summed E-state index contributed by atoms with van der Waals surface area (Å²) in [6.07, 6.45) is 1.55. The van der Waals surface area contributed by atoms with E-state index >= 15 is 0 Å². The van der Waals surface area contributed by atoms with Gasteiger partial charge in [0.1, 0.15) is 5.78 Å². The largest absolute Gasteiger partial charge is 0.316 e. The van der Waals surface area contributed by atoms with Crippen LogP contribution in [0.5, 0.6) is 0 Å². The van der Waals surface area contributed by atoms with Gasteiger partial charge in [0.05, 0.1) is 0 Å². The molecule has 1 N–H and O–H groups in total. The summed E-state index contributed by atoms with van der Waals surface area (Å²) in [5, 5.41) is 5.28. The van der Waals surface area contributed by atoms with E-state index in [2.05, 4.69) is 28.2 Å². The quantitative estimate of drug-likeness (QED) is 0.926. The smallest absolute Gasteiger partial charge is 0.145 e. The molecule has 2 nitrogen and oxygen atoms in total. The first kappa shape index (κ1) is 11.3. The Balaban J connectivity index is 2.03. The minimum absolute atomic E-state index is 0.142. The van der Waals surface area contributed by atoms with Crippen LogP contribution in [0.4, 0.5) is 0 Å². The van der Waals surface area contributed by atoms with Crippen LogP contribution in [0.2, 0.25) is 0 Å². The monoisotopic (exact) mass is 287 g/mol. The van der Waals surface area contributed by atoms with Crippen molar-refractivity contribution in [2.75, 3.05) is 13.1 Å². The molecule has 2 rings (SSSR count). The standard InChI is InChI=1S/C11H14BrNOS/c1-11(2-3-13-7-11)10(14)5-9-4-8(12)6-15-9/h4,6,13H,2-3,5,7H2,1H3. The lowest BCUT2D eigenvalue weighted by atomic mass is 9.83. The Kier molecular flexibility index (Phi) is 3.28. The van der Waals surface area contributed by atoms with E-state index in [1.165, 1.54) is 0 Å². The molecule has 1 atom stereocenters. The van der Waals surface area contributed by atoms with Crippen molar-refractivity contribution in [2.24, 2.45) is 5.41 Å². The highest BCUT2D eigenvalue weighted by atomic mass is 79.9. The molecule has 1 fully saturated rings. The zero-order valence-electron chi connectivity index (χ0n) is 8.68. The van der Waals surface area contributed by atoms with Crippen molar-refractivity contribution in [2.45, 2.75) is 19.8 Å². The molecule has 2 heterocycles. The molecule has 0 aliphatic carbocycles. The molecule has 1 aliphatic rings. The molecule has 15 heavy (non-hydrogen) atoms. The zero-order valence-corrected chi connectivity index (χ0v) is 11.1. The van der Waals surface area contributed by atoms with E-state index in [1.807, 2.05) is 11.4 Å². The average Bonchev–Trinajstić information content (AvgIpc) is 2.76. The molecule has 1 aromatic heterocycles. The van der Waals surface area contributed by atoms with E-state index in [0.717, 1.165) is 28.9 Å². The predicted octanol–water partition coefficient (Wildman–Crippen LogP) is 2.62. The number of hydrogen-bond acceptors (Lipinski definition) is 3. The van der Waals surface area contributed by atoms with Gasteiger partial charge in [0.15, 0.2) is 0 Å². The van der Waals surface area contributed by atoms with Crippen LogP contribution < -0.4 is 5.32 Å². The fourth-order valence-electron chi connectivity index (χ4n) is 1.87. The van der Waals surface area contributed by atoms with Gasteiger partial charge in [0, 0.05) is 33.1 Å². The third-order valence-corrected chi connectivity index (χ3v) is 4.70. The molecule has 0 aromatic carbocycles. The lowest BCUT2D eigenvalue weighted by Crippen LogP contribution is -2.31. The van der Waals surface area contributed by atoms with Gasteiger partial charge in [-0.25, -0.2) is 0 Å². The molecule has 1 aliphatic heterocycles. The molecule has 0 bridgehead atoms. The van der Waals surface area contributed by atoms with Crippen LogP contribution in [0.25, 0.3) is 0 Å². The SMILES string of the molecule is CC1(C(=O)Cc2cc(Br)cs2)CCNC1. The second-order valence-corrected chi connectivity index (χ2v) is 6.23. The topological polar surface area (TPSA) is 29.1 Å². The summed E-state index contributed by atoms with van der Waals surface area (Å²) in [5.41, 5.74) is -0.142. The van der Waals surface area contributed by atoms with Crippen LogP contribution in [0, 0.1) is 5.41 Å². The summed E-state index contributed by atoms with van der Waals surface area (Å²) >= 11 is 5.05. The molecule has 1 aromatic rings. The highest BCUT2D eigenvalue weighted by molar-refractivity contribution is 9.10. The first-order chi connectivity index (χ1) is 7.10. The molecular weight excluding hydrogens is 274 g/mol. The summed E-state index contributed by atoms with van der Waals surface area (Å²) in [5.74, 6) is 0.363. The van der Waals surface area contributed by atoms with Gasteiger partial charge in [-0.05, 0) is 35.0 Å². The molecular formula is C11H14BrNOS. The van der Waals surface area contributed by atoms with Crippen LogP contribution in [-0.2, 0) is 11.2 Å². The molecule has 1 saturated heterocycles. The van der Waals surface area contributed by atoms with Gasteiger partial charge < -0.3 is 5.32 Å². The van der Waals surface area contributed by atoms with Crippen LogP contribution in [0.15, 0.2) is 15.9 Å². The van der Waals surface area contributed by atoms with Gasteiger partial charge in [-0.2, -0.15) is 0 Å². The van der Waals surface area contributed by atoms with Crippen LogP contribution in [0.1, 0.15) is 18.2 Å². The fraction of sp³-hybridized carbons (Fsp3) is 0.545. The van der Waals surface area contributed by atoms with Gasteiger partial charge in [-0.3, -0.25) is 4.79 Å². The number of Topliss-reactive ketones (excluding diaryl/α,β-unsaturated/α-hetero) is 1. The highest BCUT2D eigenvalue weighted by Crippen LogP contribution is 2.29. The van der Waals surface area contributed by atoms with Crippen molar-refractivity contribution in [3.63, 3.8) is 0 Å². The summed E-state index contributed by atoms with van der Waals surface area (Å²) in [7, 11) is 0. The molecule has 0 amide bonds. The van der Waals surface area contributed by atoms with Gasteiger partial charge >= 0.3 is 0 Å². The number of ketones is 1. The van der Waals surface area contributed by atoms with Gasteiger partial charge in [0.2, 0.25) is 0 Å². The van der Waals surface area contributed by atoms with E-state index in [9.17, 15) is 4.79 Å². The Morgan fingerprint density at radius 2 is 2.53 bits per heavy atom. The Morgan fingerprint density at radius 1 is 1.73 bits per heavy atom. The van der Waals surface area contributed by atoms with E-state index < -0.39 is 0 Å². The van der Waals surface area contributed by atoms with E-state index in [-0.39, 0.29) is 5.41 Å². The van der Waals surface area contributed by atoms with Gasteiger partial charge in [0.25, 0.3) is 0 Å². The van der Waals surface area contributed by atoms with E-state index in [0.29, 0.717) is 12.2 Å². The van der Waals surface area contributed by atoms with Crippen LogP contribution >= 0.6 is 27.3 Å². The first-order valence-electron chi connectivity index (χ1n) is 5.07. The first-order valence-corrected chi connectivity index (χ1v) is 6.74. The molecule has 1 unspecified atom stereocenters. The van der Waals surface area contributed by atoms with Crippen molar-refractivity contribution in [3.05, 3.63) is 20.8 Å². The van der Waals surface area contributed by atoms with Crippen molar-refractivity contribution in [1.29, 1.82) is 0 Å². The summed E-state index contributed by atoms with van der Waals surface area (Å²) in [4.78, 5) is 13.2. The zero-order chi connectivity index (χ0) is 10.9. The Hall–Kier alpha value is -0.190. The Labute approximate surface area is 102 Å². The maximum atomic E-state index is 12.1. The second-order valence-electron chi connectivity index (χ2n) is 4.32. The number of thiophene rings is 1. The minimum atomic E-state index is -0.142. The average molecular weight is 288 g/mol. The van der Waals surface area contributed by atoms with Crippen LogP contribution in [0.3, 0.4) is 0 Å². The lowest BCUT2D eigenvalue weighted by Gasteiger charge is -2.20. The minimum Gasteiger partial charge on any atom is -0.316 e. The third kappa shape index (κ3) is 2.49. The molecule has 4 heteroatoms. The number of hydrogen-bond donors (Lipinski definition) is 1. The maximum Gasteiger partial charge on any atom is 0.145 e. The number of nitrogens with one attached hydrogen (secondary N) is 1. The Morgan fingerprint density at radius 3 is 3.07 bits per heavy atom. The number of rotatable bonds is 3. The van der Waals surface area contributed by atoms with Crippen LogP contribution in [-0.4, -0.2) is 18.9 Å². The fourth-order valence-corrected chi connectivity index (χ4v) is 3.32. The van der Waals surface area contributed by atoms with E-state index in [4.69, 9.17) is 0 Å². The van der Waals surface area contributed by atoms with Gasteiger partial charge in [-0.1, -0.05) is 6.92 Å². The molecule has 0 spiro atoms. The summed E-state index contributed by atoms with van der Waals surface area (Å²) in [6.45, 7) is 3.87. The van der Waals surface area contributed by atoms with Crippen molar-refractivity contribution >= 4 is 33.0 Å². The predicted molar refractivity (Wildman–Crippen MR) is 66.3 cm³/mol. The second kappa shape index (κ2) is 4.36. The van der Waals surface area contributed by atoms with E-state index in [1.54, 1.807) is 11.3 Å². The van der Waals surface area contributed by atoms with Crippen molar-refractivity contribution in [3.8, 4) is 0 Å². The lowest BCUT2D eigenvalue weighted by molar-refractivity contribution is -0.126. The highest BCUT2D eigenvalue weighted by Gasteiger charge is 2.35. The van der Waals surface area contributed by atoms with Crippen molar-refractivity contribution in [1.82, 2.24) is 5.32 Å². The summed E-state index contributed by atoms with van der Waals surface area (Å²) < 4.78 is 1.07. The molecule has 82 valence electrons. The normalized spacial score (nSPS) is 25.7. The number of carbonyl (C=O) groups excluding carboxylic acids is 1. The molecule has 0 radical (unpaired) electrons. The Bertz CT molecular complexity index is 368. The number of halogens is 1. The summed E-state index contributed by atoms with van der Waals surface area (Å²) in [6, 6.07) is 2.04. The third-order valence-electron chi connectivity index (χ3n) is 3.00. The number of carbonyl (C=O) groups is 1. The molecule has 0 saturated carbocycles. The maximum absolute atomic E-state index is 12.1. The van der Waals surface area contributed by atoms with Gasteiger partial charge in [-0.15, -0.1) is 11.3 Å².